The zero-order chi connectivity index (χ0) is 13.0. The third-order valence-corrected chi connectivity index (χ3v) is 2.41. The van der Waals surface area contributed by atoms with Gasteiger partial charge in [-0.1, -0.05) is 12.1 Å². The molecule has 2 aromatic rings. The largest absolute Gasteiger partial charge is 0.461 e. The highest BCUT2D eigenvalue weighted by molar-refractivity contribution is 5.66. The normalized spacial score (nSPS) is 10.1. The van der Waals surface area contributed by atoms with Crippen molar-refractivity contribution in [3.05, 3.63) is 54.1 Å². The number of ether oxygens (including phenoxy) is 1. The number of aromatic nitrogens is 1. The van der Waals surface area contributed by atoms with Crippen molar-refractivity contribution in [1.29, 1.82) is 0 Å². The molecule has 0 saturated heterocycles. The molecule has 0 N–H and O–H groups in total. The number of benzene rings is 1. The minimum atomic E-state index is -0.331. The molecule has 92 valence electrons. The molecule has 0 aliphatic heterocycles. The van der Waals surface area contributed by atoms with Gasteiger partial charge in [-0.05, 0) is 23.8 Å². The Morgan fingerprint density at radius 3 is 2.61 bits per heavy atom. The fourth-order valence-electron chi connectivity index (χ4n) is 1.55. The first-order valence-corrected chi connectivity index (χ1v) is 5.48. The van der Waals surface area contributed by atoms with Crippen LogP contribution in [0, 0.1) is 5.82 Å². The van der Waals surface area contributed by atoms with Gasteiger partial charge in [0.1, 0.15) is 12.4 Å². The number of carbonyl (C=O) groups is 1. The molecule has 0 unspecified atom stereocenters. The number of halogens is 1. The molecule has 1 aromatic carbocycles. The van der Waals surface area contributed by atoms with E-state index in [1.165, 1.54) is 19.1 Å². The first-order chi connectivity index (χ1) is 8.65. The van der Waals surface area contributed by atoms with Crippen LogP contribution in [-0.2, 0) is 16.1 Å². The first kappa shape index (κ1) is 12.2. The lowest BCUT2D eigenvalue weighted by atomic mass is 10.1. The van der Waals surface area contributed by atoms with Gasteiger partial charge in [-0.2, -0.15) is 0 Å². The number of hydrogen-bond acceptors (Lipinski definition) is 3. The lowest BCUT2D eigenvalue weighted by Gasteiger charge is -2.05. The van der Waals surface area contributed by atoms with Crippen LogP contribution in [0.15, 0.2) is 42.7 Å². The van der Waals surface area contributed by atoms with Crippen molar-refractivity contribution in [1.82, 2.24) is 4.98 Å². The second-order valence-electron chi connectivity index (χ2n) is 3.87. The molecule has 0 radical (unpaired) electrons. The summed E-state index contributed by atoms with van der Waals surface area (Å²) in [5.74, 6) is -0.607. The zero-order valence-corrected chi connectivity index (χ0v) is 9.89. The SMILES string of the molecule is CC(=O)OCc1cncc(-c2ccc(F)cc2)c1. The number of esters is 1. The maximum atomic E-state index is 12.8. The molecule has 2 rings (SSSR count). The fourth-order valence-corrected chi connectivity index (χ4v) is 1.55. The summed E-state index contributed by atoms with van der Waals surface area (Å²) in [5, 5.41) is 0. The average Bonchev–Trinajstić information content (AvgIpc) is 2.37. The van der Waals surface area contributed by atoms with Crippen molar-refractivity contribution in [2.75, 3.05) is 0 Å². The first-order valence-electron chi connectivity index (χ1n) is 5.48. The molecule has 0 aliphatic carbocycles. The average molecular weight is 245 g/mol. The van der Waals surface area contributed by atoms with Crippen LogP contribution in [0.3, 0.4) is 0 Å². The maximum Gasteiger partial charge on any atom is 0.302 e. The third-order valence-electron chi connectivity index (χ3n) is 2.41. The molecular weight excluding hydrogens is 233 g/mol. The van der Waals surface area contributed by atoms with Gasteiger partial charge in [0, 0.05) is 30.4 Å². The molecule has 18 heavy (non-hydrogen) atoms. The highest BCUT2D eigenvalue weighted by Crippen LogP contribution is 2.19. The second-order valence-corrected chi connectivity index (χ2v) is 3.87. The molecule has 0 spiro atoms. The zero-order valence-electron chi connectivity index (χ0n) is 9.89. The van der Waals surface area contributed by atoms with E-state index in [1.807, 2.05) is 6.07 Å². The van der Waals surface area contributed by atoms with Crippen molar-refractivity contribution in [3.8, 4) is 11.1 Å². The predicted octanol–water partition coefficient (Wildman–Crippen LogP) is 2.95. The molecule has 0 saturated carbocycles. The Labute approximate surface area is 104 Å². The van der Waals surface area contributed by atoms with Gasteiger partial charge in [-0.25, -0.2) is 4.39 Å². The van der Waals surface area contributed by atoms with Gasteiger partial charge < -0.3 is 4.74 Å². The van der Waals surface area contributed by atoms with Gasteiger partial charge in [0.05, 0.1) is 0 Å². The minimum Gasteiger partial charge on any atom is -0.461 e. The van der Waals surface area contributed by atoms with E-state index in [9.17, 15) is 9.18 Å². The topological polar surface area (TPSA) is 39.2 Å². The Morgan fingerprint density at radius 1 is 1.22 bits per heavy atom. The van der Waals surface area contributed by atoms with Crippen molar-refractivity contribution in [2.24, 2.45) is 0 Å². The van der Waals surface area contributed by atoms with E-state index in [0.29, 0.717) is 0 Å². The van der Waals surface area contributed by atoms with Crippen LogP contribution in [0.25, 0.3) is 11.1 Å². The Balaban J connectivity index is 2.21. The molecule has 0 bridgehead atoms. The third kappa shape index (κ3) is 3.13. The van der Waals surface area contributed by atoms with Gasteiger partial charge in [0.25, 0.3) is 0 Å². The van der Waals surface area contributed by atoms with Crippen molar-refractivity contribution >= 4 is 5.97 Å². The molecule has 0 aliphatic rings. The van der Waals surface area contributed by atoms with Gasteiger partial charge in [0.15, 0.2) is 0 Å². The highest BCUT2D eigenvalue weighted by Gasteiger charge is 2.02. The van der Waals surface area contributed by atoms with E-state index < -0.39 is 0 Å². The lowest BCUT2D eigenvalue weighted by molar-refractivity contribution is -0.142. The predicted molar refractivity (Wildman–Crippen MR) is 65.1 cm³/mol. The Hall–Kier alpha value is -2.23. The van der Waals surface area contributed by atoms with E-state index in [-0.39, 0.29) is 18.4 Å². The minimum absolute atomic E-state index is 0.192. The van der Waals surface area contributed by atoms with Gasteiger partial charge in [-0.3, -0.25) is 9.78 Å². The standard InChI is InChI=1S/C14H12FNO2/c1-10(17)18-9-11-6-13(8-16-7-11)12-2-4-14(15)5-3-12/h2-8H,9H2,1H3. The van der Waals surface area contributed by atoms with E-state index in [2.05, 4.69) is 4.98 Å². The second kappa shape index (κ2) is 5.40. The summed E-state index contributed by atoms with van der Waals surface area (Å²) in [6.45, 7) is 1.55. The molecule has 3 nitrogen and oxygen atoms in total. The van der Waals surface area contributed by atoms with Crippen LogP contribution < -0.4 is 0 Å². The number of carbonyl (C=O) groups excluding carboxylic acids is 1. The molecule has 1 heterocycles. The fraction of sp³-hybridized carbons (Fsp3) is 0.143. The quantitative estimate of drug-likeness (QED) is 0.780. The van der Waals surface area contributed by atoms with E-state index in [0.717, 1.165) is 16.7 Å². The summed E-state index contributed by atoms with van der Waals surface area (Å²) >= 11 is 0. The van der Waals surface area contributed by atoms with Gasteiger partial charge in [-0.15, -0.1) is 0 Å². The number of pyridine rings is 1. The summed E-state index contributed by atoms with van der Waals surface area (Å²) in [7, 11) is 0. The molecular formula is C14H12FNO2. The van der Waals surface area contributed by atoms with E-state index in [1.54, 1.807) is 24.5 Å². The monoisotopic (exact) mass is 245 g/mol. The number of hydrogen-bond donors (Lipinski definition) is 0. The molecule has 4 heteroatoms. The Morgan fingerprint density at radius 2 is 1.94 bits per heavy atom. The van der Waals surface area contributed by atoms with Crippen LogP contribution in [0.1, 0.15) is 12.5 Å². The van der Waals surface area contributed by atoms with Crippen LogP contribution in [0.2, 0.25) is 0 Å². The molecule has 1 aromatic heterocycles. The molecule has 0 fully saturated rings. The Kier molecular flexibility index (Phi) is 3.67. The van der Waals surface area contributed by atoms with Crippen molar-refractivity contribution < 1.29 is 13.9 Å². The smallest absolute Gasteiger partial charge is 0.302 e. The number of rotatable bonds is 3. The van der Waals surface area contributed by atoms with Gasteiger partial charge >= 0.3 is 5.97 Å². The highest BCUT2D eigenvalue weighted by atomic mass is 19.1. The van der Waals surface area contributed by atoms with Crippen molar-refractivity contribution in [2.45, 2.75) is 13.5 Å². The summed E-state index contributed by atoms with van der Waals surface area (Å²) in [6.07, 6.45) is 3.32. The van der Waals surface area contributed by atoms with Crippen LogP contribution in [-0.4, -0.2) is 11.0 Å². The summed E-state index contributed by atoms with van der Waals surface area (Å²) in [5.41, 5.74) is 2.53. The van der Waals surface area contributed by atoms with Crippen LogP contribution in [0.4, 0.5) is 4.39 Å². The summed E-state index contributed by atoms with van der Waals surface area (Å²) in [4.78, 5) is 14.8. The molecule has 0 atom stereocenters. The Bertz CT molecular complexity index is 552. The van der Waals surface area contributed by atoms with Crippen LogP contribution in [0.5, 0.6) is 0 Å². The van der Waals surface area contributed by atoms with Gasteiger partial charge in [0.2, 0.25) is 0 Å². The summed E-state index contributed by atoms with van der Waals surface area (Å²) in [6, 6.07) is 8.02. The molecule has 0 amide bonds. The van der Waals surface area contributed by atoms with E-state index >= 15 is 0 Å². The maximum absolute atomic E-state index is 12.8. The van der Waals surface area contributed by atoms with Crippen LogP contribution >= 0.6 is 0 Å². The summed E-state index contributed by atoms with van der Waals surface area (Å²) < 4.78 is 17.7. The van der Waals surface area contributed by atoms with E-state index in [4.69, 9.17) is 4.74 Å². The number of nitrogens with zero attached hydrogens (tertiary/aromatic N) is 1. The lowest BCUT2D eigenvalue weighted by Crippen LogP contribution is -1.99. The van der Waals surface area contributed by atoms with Crippen molar-refractivity contribution in [3.63, 3.8) is 0 Å².